The average molecular weight is 255 g/mol. The molecule has 17 heavy (non-hydrogen) atoms. The molecular weight excluding hydrogens is 232 g/mol. The molecule has 3 heteroatoms. The number of nitrogens with one attached hydrogen (secondary N) is 1. The SMILES string of the molecule is CCCNC(CCN(C)C)c1ccc(Cl)cc1. The van der Waals surface area contributed by atoms with Gasteiger partial charge in [-0.2, -0.15) is 0 Å². The maximum Gasteiger partial charge on any atom is 0.0406 e. The number of hydrogen-bond acceptors (Lipinski definition) is 2. The van der Waals surface area contributed by atoms with Crippen molar-refractivity contribution in [2.45, 2.75) is 25.8 Å². The number of nitrogens with zero attached hydrogens (tertiary/aromatic N) is 1. The minimum atomic E-state index is 0.426. The van der Waals surface area contributed by atoms with Crippen LogP contribution in [0, 0.1) is 0 Å². The summed E-state index contributed by atoms with van der Waals surface area (Å²) in [5.74, 6) is 0. The highest BCUT2D eigenvalue weighted by Crippen LogP contribution is 2.19. The lowest BCUT2D eigenvalue weighted by Gasteiger charge is -2.21. The molecule has 1 aromatic carbocycles. The Labute approximate surface area is 110 Å². The van der Waals surface area contributed by atoms with Crippen LogP contribution >= 0.6 is 11.6 Å². The Morgan fingerprint density at radius 2 is 1.88 bits per heavy atom. The van der Waals surface area contributed by atoms with Gasteiger partial charge in [-0.1, -0.05) is 30.7 Å². The molecule has 1 atom stereocenters. The van der Waals surface area contributed by atoms with Gasteiger partial charge < -0.3 is 10.2 Å². The van der Waals surface area contributed by atoms with Crippen LogP contribution in [0.3, 0.4) is 0 Å². The van der Waals surface area contributed by atoms with Gasteiger partial charge in [0.05, 0.1) is 0 Å². The van der Waals surface area contributed by atoms with Crippen molar-refractivity contribution in [3.05, 3.63) is 34.9 Å². The summed E-state index contributed by atoms with van der Waals surface area (Å²) in [6.07, 6.45) is 2.28. The van der Waals surface area contributed by atoms with Crippen molar-refractivity contribution in [3.8, 4) is 0 Å². The first-order chi connectivity index (χ1) is 8.13. The van der Waals surface area contributed by atoms with E-state index in [2.05, 4.69) is 43.4 Å². The van der Waals surface area contributed by atoms with Gasteiger partial charge in [0.15, 0.2) is 0 Å². The normalized spacial score (nSPS) is 13.0. The van der Waals surface area contributed by atoms with E-state index in [0.29, 0.717) is 6.04 Å². The molecule has 96 valence electrons. The van der Waals surface area contributed by atoms with Gasteiger partial charge in [0, 0.05) is 11.1 Å². The van der Waals surface area contributed by atoms with Gasteiger partial charge in [-0.3, -0.25) is 0 Å². The zero-order chi connectivity index (χ0) is 12.7. The first-order valence-electron chi connectivity index (χ1n) is 6.27. The second kappa shape index (κ2) is 7.70. The Balaban J connectivity index is 2.63. The topological polar surface area (TPSA) is 15.3 Å². The highest BCUT2D eigenvalue weighted by atomic mass is 35.5. The van der Waals surface area contributed by atoms with Gasteiger partial charge in [0.1, 0.15) is 0 Å². The van der Waals surface area contributed by atoms with Crippen LogP contribution in [0.4, 0.5) is 0 Å². The molecule has 1 aromatic rings. The van der Waals surface area contributed by atoms with Crippen LogP contribution in [0.1, 0.15) is 31.4 Å². The quantitative estimate of drug-likeness (QED) is 0.803. The lowest BCUT2D eigenvalue weighted by atomic mass is 10.0. The molecule has 0 aromatic heterocycles. The van der Waals surface area contributed by atoms with Crippen molar-refractivity contribution >= 4 is 11.6 Å². The molecule has 0 saturated heterocycles. The van der Waals surface area contributed by atoms with Crippen LogP contribution in [0.5, 0.6) is 0 Å². The maximum absolute atomic E-state index is 5.92. The van der Waals surface area contributed by atoms with Gasteiger partial charge in [0.2, 0.25) is 0 Å². The molecule has 0 fully saturated rings. The fourth-order valence-electron chi connectivity index (χ4n) is 1.79. The summed E-state index contributed by atoms with van der Waals surface area (Å²) in [7, 11) is 4.22. The molecule has 0 heterocycles. The molecular formula is C14H23ClN2. The molecule has 0 bridgehead atoms. The van der Waals surface area contributed by atoms with Crippen molar-refractivity contribution in [2.75, 3.05) is 27.2 Å². The predicted molar refractivity (Wildman–Crippen MR) is 75.7 cm³/mol. The highest BCUT2D eigenvalue weighted by molar-refractivity contribution is 6.30. The molecule has 2 nitrogen and oxygen atoms in total. The summed E-state index contributed by atoms with van der Waals surface area (Å²) in [6.45, 7) is 4.34. The fourth-order valence-corrected chi connectivity index (χ4v) is 1.91. The minimum Gasteiger partial charge on any atom is -0.310 e. The average Bonchev–Trinajstić information content (AvgIpc) is 2.30. The van der Waals surface area contributed by atoms with Gasteiger partial charge >= 0.3 is 0 Å². The van der Waals surface area contributed by atoms with E-state index in [0.717, 1.165) is 31.0 Å². The van der Waals surface area contributed by atoms with Gasteiger partial charge in [-0.05, 0) is 57.7 Å². The van der Waals surface area contributed by atoms with Crippen LogP contribution in [-0.2, 0) is 0 Å². The summed E-state index contributed by atoms with van der Waals surface area (Å²) in [6, 6.07) is 8.59. The zero-order valence-electron chi connectivity index (χ0n) is 11.0. The van der Waals surface area contributed by atoms with Crippen LogP contribution in [-0.4, -0.2) is 32.1 Å². The monoisotopic (exact) mass is 254 g/mol. The van der Waals surface area contributed by atoms with Crippen molar-refractivity contribution in [2.24, 2.45) is 0 Å². The molecule has 0 aliphatic rings. The second-order valence-electron chi connectivity index (χ2n) is 4.65. The van der Waals surface area contributed by atoms with E-state index in [4.69, 9.17) is 11.6 Å². The standard InChI is InChI=1S/C14H23ClN2/c1-4-10-16-14(9-11-17(2)3)12-5-7-13(15)8-6-12/h5-8,14,16H,4,9-11H2,1-3H3. The van der Waals surface area contributed by atoms with Crippen molar-refractivity contribution in [1.29, 1.82) is 0 Å². The summed E-state index contributed by atoms with van der Waals surface area (Å²) < 4.78 is 0. The Morgan fingerprint density at radius 1 is 1.24 bits per heavy atom. The lowest BCUT2D eigenvalue weighted by molar-refractivity contribution is 0.361. The smallest absolute Gasteiger partial charge is 0.0406 e. The summed E-state index contributed by atoms with van der Waals surface area (Å²) in [5.41, 5.74) is 1.32. The van der Waals surface area contributed by atoms with E-state index >= 15 is 0 Å². The largest absolute Gasteiger partial charge is 0.310 e. The van der Waals surface area contributed by atoms with Crippen LogP contribution in [0.15, 0.2) is 24.3 Å². The van der Waals surface area contributed by atoms with E-state index in [1.807, 2.05) is 12.1 Å². The Hall–Kier alpha value is -0.570. The van der Waals surface area contributed by atoms with E-state index in [1.165, 1.54) is 5.56 Å². The molecule has 0 saturated carbocycles. The van der Waals surface area contributed by atoms with Crippen molar-refractivity contribution < 1.29 is 0 Å². The summed E-state index contributed by atoms with van der Waals surface area (Å²) >= 11 is 5.92. The Morgan fingerprint density at radius 3 is 2.41 bits per heavy atom. The molecule has 0 spiro atoms. The molecule has 1 unspecified atom stereocenters. The minimum absolute atomic E-state index is 0.426. The van der Waals surface area contributed by atoms with Gasteiger partial charge in [-0.15, -0.1) is 0 Å². The Bertz CT molecular complexity index is 309. The number of hydrogen-bond donors (Lipinski definition) is 1. The van der Waals surface area contributed by atoms with E-state index in [1.54, 1.807) is 0 Å². The Kier molecular flexibility index (Phi) is 6.56. The molecule has 1 rings (SSSR count). The fraction of sp³-hybridized carbons (Fsp3) is 0.571. The van der Waals surface area contributed by atoms with E-state index < -0.39 is 0 Å². The lowest BCUT2D eigenvalue weighted by Crippen LogP contribution is -2.26. The number of benzene rings is 1. The van der Waals surface area contributed by atoms with E-state index in [9.17, 15) is 0 Å². The van der Waals surface area contributed by atoms with Crippen molar-refractivity contribution in [1.82, 2.24) is 10.2 Å². The van der Waals surface area contributed by atoms with E-state index in [-0.39, 0.29) is 0 Å². The second-order valence-corrected chi connectivity index (χ2v) is 5.09. The number of rotatable bonds is 7. The third kappa shape index (κ3) is 5.53. The number of halogens is 1. The molecule has 0 aliphatic heterocycles. The van der Waals surface area contributed by atoms with Crippen LogP contribution in [0.2, 0.25) is 5.02 Å². The van der Waals surface area contributed by atoms with Crippen LogP contribution < -0.4 is 5.32 Å². The molecule has 0 aliphatic carbocycles. The zero-order valence-corrected chi connectivity index (χ0v) is 11.8. The first-order valence-corrected chi connectivity index (χ1v) is 6.65. The third-order valence-corrected chi connectivity index (χ3v) is 3.03. The highest BCUT2D eigenvalue weighted by Gasteiger charge is 2.10. The molecule has 1 N–H and O–H groups in total. The van der Waals surface area contributed by atoms with Crippen molar-refractivity contribution in [3.63, 3.8) is 0 Å². The van der Waals surface area contributed by atoms with Crippen LogP contribution in [0.25, 0.3) is 0 Å². The van der Waals surface area contributed by atoms with Gasteiger partial charge in [-0.25, -0.2) is 0 Å². The maximum atomic E-state index is 5.92. The summed E-state index contributed by atoms with van der Waals surface area (Å²) in [4.78, 5) is 2.22. The molecule has 0 amide bonds. The predicted octanol–water partition coefficient (Wildman–Crippen LogP) is 3.33. The first kappa shape index (κ1) is 14.5. The van der Waals surface area contributed by atoms with Gasteiger partial charge in [0.25, 0.3) is 0 Å². The summed E-state index contributed by atoms with van der Waals surface area (Å²) in [5, 5.41) is 4.39. The molecule has 0 radical (unpaired) electrons. The third-order valence-electron chi connectivity index (χ3n) is 2.78.